The van der Waals surface area contributed by atoms with E-state index in [0.29, 0.717) is 0 Å². The lowest BCUT2D eigenvalue weighted by atomic mass is 10.1. The highest BCUT2D eigenvalue weighted by Crippen LogP contribution is 2.29. The molecule has 1 aromatic carbocycles. The van der Waals surface area contributed by atoms with Crippen LogP contribution < -0.4 is 10.6 Å². The first-order valence-corrected chi connectivity index (χ1v) is 7.54. The van der Waals surface area contributed by atoms with Crippen LogP contribution in [-0.4, -0.2) is 5.91 Å². The fourth-order valence-electron chi connectivity index (χ4n) is 2.19. The van der Waals surface area contributed by atoms with Crippen LogP contribution in [0, 0.1) is 13.8 Å². The summed E-state index contributed by atoms with van der Waals surface area (Å²) in [6.45, 7) is 7.87. The van der Waals surface area contributed by atoms with E-state index < -0.39 is 0 Å². The van der Waals surface area contributed by atoms with Gasteiger partial charge in [-0.25, -0.2) is 0 Å². The van der Waals surface area contributed by atoms with Gasteiger partial charge in [0.2, 0.25) is 5.91 Å². The molecular formula is C16H20N2OS. The number of hydrogen-bond donors (Lipinski definition) is 2. The molecule has 2 N–H and O–H groups in total. The van der Waals surface area contributed by atoms with Crippen molar-refractivity contribution in [1.29, 1.82) is 0 Å². The van der Waals surface area contributed by atoms with Gasteiger partial charge in [-0.3, -0.25) is 4.79 Å². The lowest BCUT2D eigenvalue weighted by Crippen LogP contribution is -2.09. The van der Waals surface area contributed by atoms with Crippen molar-refractivity contribution in [2.75, 3.05) is 10.6 Å². The van der Waals surface area contributed by atoms with E-state index in [9.17, 15) is 4.79 Å². The van der Waals surface area contributed by atoms with Crippen LogP contribution >= 0.6 is 11.3 Å². The number of carbonyl (C=O) groups is 1. The Labute approximate surface area is 124 Å². The lowest BCUT2D eigenvalue weighted by Gasteiger charge is -2.18. The number of anilines is 2. The van der Waals surface area contributed by atoms with Gasteiger partial charge < -0.3 is 10.6 Å². The molecule has 1 atom stereocenters. The summed E-state index contributed by atoms with van der Waals surface area (Å²) in [6.07, 6.45) is 0. The van der Waals surface area contributed by atoms with E-state index in [1.54, 1.807) is 11.3 Å². The number of thiophene rings is 1. The SMILES string of the molecule is CC(=O)Nc1ccc(C)c(NC(C)c2sccc2C)c1. The van der Waals surface area contributed by atoms with Gasteiger partial charge in [0, 0.05) is 23.2 Å². The number of carbonyl (C=O) groups excluding carboxylic acids is 1. The molecule has 2 rings (SSSR count). The average molecular weight is 288 g/mol. The number of rotatable bonds is 4. The fraction of sp³-hybridized carbons (Fsp3) is 0.312. The minimum absolute atomic E-state index is 0.0537. The first kappa shape index (κ1) is 14.6. The third-order valence-corrected chi connectivity index (χ3v) is 4.43. The van der Waals surface area contributed by atoms with Gasteiger partial charge in [-0.15, -0.1) is 11.3 Å². The van der Waals surface area contributed by atoms with E-state index in [1.807, 2.05) is 18.2 Å². The Balaban J connectivity index is 2.20. The van der Waals surface area contributed by atoms with Crippen molar-refractivity contribution in [2.45, 2.75) is 33.7 Å². The Bertz CT molecular complexity index is 619. The van der Waals surface area contributed by atoms with E-state index >= 15 is 0 Å². The molecule has 0 saturated heterocycles. The van der Waals surface area contributed by atoms with Gasteiger partial charge in [0.25, 0.3) is 0 Å². The van der Waals surface area contributed by atoms with Gasteiger partial charge in [0.1, 0.15) is 0 Å². The van der Waals surface area contributed by atoms with Crippen LogP contribution in [0.5, 0.6) is 0 Å². The average Bonchev–Trinajstić information content (AvgIpc) is 2.79. The highest BCUT2D eigenvalue weighted by Gasteiger charge is 2.11. The molecule has 106 valence electrons. The standard InChI is InChI=1S/C16H20N2OS/c1-10-5-6-14(18-13(4)19)9-15(10)17-12(3)16-11(2)7-8-20-16/h5-9,12,17H,1-4H3,(H,18,19). The second kappa shape index (κ2) is 6.09. The van der Waals surface area contributed by atoms with Gasteiger partial charge in [0.05, 0.1) is 6.04 Å². The molecular weight excluding hydrogens is 268 g/mol. The quantitative estimate of drug-likeness (QED) is 0.870. The van der Waals surface area contributed by atoms with Crippen molar-refractivity contribution >= 4 is 28.6 Å². The second-order valence-corrected chi connectivity index (χ2v) is 5.99. The fourth-order valence-corrected chi connectivity index (χ4v) is 3.12. The molecule has 1 aromatic heterocycles. The zero-order valence-electron chi connectivity index (χ0n) is 12.3. The molecule has 0 aliphatic carbocycles. The summed E-state index contributed by atoms with van der Waals surface area (Å²) in [5.74, 6) is -0.0537. The molecule has 0 aliphatic heterocycles. The molecule has 1 amide bonds. The van der Waals surface area contributed by atoms with Crippen molar-refractivity contribution < 1.29 is 4.79 Å². The number of benzene rings is 1. The van der Waals surface area contributed by atoms with Gasteiger partial charge >= 0.3 is 0 Å². The summed E-state index contributed by atoms with van der Waals surface area (Å²) in [5.41, 5.74) is 4.35. The molecule has 3 nitrogen and oxygen atoms in total. The molecule has 0 aliphatic rings. The predicted molar refractivity (Wildman–Crippen MR) is 86.6 cm³/mol. The van der Waals surface area contributed by atoms with Crippen LogP contribution in [0.3, 0.4) is 0 Å². The normalized spacial score (nSPS) is 12.0. The zero-order chi connectivity index (χ0) is 14.7. The maximum Gasteiger partial charge on any atom is 0.221 e. The Morgan fingerprint density at radius 3 is 2.55 bits per heavy atom. The maximum atomic E-state index is 11.1. The van der Waals surface area contributed by atoms with Gasteiger partial charge in [-0.2, -0.15) is 0 Å². The monoisotopic (exact) mass is 288 g/mol. The first-order valence-electron chi connectivity index (χ1n) is 6.66. The van der Waals surface area contributed by atoms with Crippen molar-refractivity contribution in [3.05, 3.63) is 45.6 Å². The topological polar surface area (TPSA) is 41.1 Å². The van der Waals surface area contributed by atoms with Crippen LogP contribution in [0.2, 0.25) is 0 Å². The number of nitrogens with one attached hydrogen (secondary N) is 2. The molecule has 1 heterocycles. The molecule has 4 heteroatoms. The molecule has 2 aromatic rings. The number of amides is 1. The highest BCUT2D eigenvalue weighted by atomic mass is 32.1. The summed E-state index contributed by atoms with van der Waals surface area (Å²) in [4.78, 5) is 12.5. The molecule has 0 spiro atoms. The number of aryl methyl sites for hydroxylation is 2. The molecule has 0 radical (unpaired) electrons. The summed E-state index contributed by atoms with van der Waals surface area (Å²) < 4.78 is 0. The molecule has 0 fully saturated rings. The van der Waals surface area contributed by atoms with E-state index in [0.717, 1.165) is 11.4 Å². The molecule has 1 unspecified atom stereocenters. The zero-order valence-corrected chi connectivity index (χ0v) is 13.1. The van der Waals surface area contributed by atoms with E-state index in [4.69, 9.17) is 0 Å². The lowest BCUT2D eigenvalue weighted by molar-refractivity contribution is -0.114. The number of hydrogen-bond acceptors (Lipinski definition) is 3. The van der Waals surface area contributed by atoms with Crippen LogP contribution in [0.15, 0.2) is 29.6 Å². The predicted octanol–water partition coefficient (Wildman–Crippen LogP) is 4.50. The summed E-state index contributed by atoms with van der Waals surface area (Å²) >= 11 is 1.77. The Morgan fingerprint density at radius 1 is 1.20 bits per heavy atom. The van der Waals surface area contributed by atoms with Crippen LogP contribution in [-0.2, 0) is 4.79 Å². The highest BCUT2D eigenvalue weighted by molar-refractivity contribution is 7.10. The third-order valence-electron chi connectivity index (χ3n) is 3.22. The van der Waals surface area contributed by atoms with Crippen molar-refractivity contribution in [2.24, 2.45) is 0 Å². The second-order valence-electron chi connectivity index (χ2n) is 5.04. The smallest absolute Gasteiger partial charge is 0.221 e. The Hall–Kier alpha value is -1.81. The summed E-state index contributed by atoms with van der Waals surface area (Å²) in [5, 5.41) is 8.46. The Kier molecular flexibility index (Phi) is 4.45. The summed E-state index contributed by atoms with van der Waals surface area (Å²) in [6, 6.07) is 8.31. The Morgan fingerprint density at radius 2 is 1.95 bits per heavy atom. The van der Waals surface area contributed by atoms with E-state index in [-0.39, 0.29) is 11.9 Å². The molecule has 0 bridgehead atoms. The molecule has 20 heavy (non-hydrogen) atoms. The maximum absolute atomic E-state index is 11.1. The van der Waals surface area contributed by atoms with Crippen molar-refractivity contribution in [3.8, 4) is 0 Å². The van der Waals surface area contributed by atoms with Crippen LogP contribution in [0.25, 0.3) is 0 Å². The van der Waals surface area contributed by atoms with Crippen molar-refractivity contribution in [3.63, 3.8) is 0 Å². The van der Waals surface area contributed by atoms with Gasteiger partial charge in [0.15, 0.2) is 0 Å². The third kappa shape index (κ3) is 3.39. The van der Waals surface area contributed by atoms with Crippen LogP contribution in [0.1, 0.15) is 35.9 Å². The largest absolute Gasteiger partial charge is 0.377 e. The van der Waals surface area contributed by atoms with Gasteiger partial charge in [-0.1, -0.05) is 6.07 Å². The molecule has 0 saturated carbocycles. The minimum atomic E-state index is -0.0537. The van der Waals surface area contributed by atoms with Crippen LogP contribution in [0.4, 0.5) is 11.4 Å². The van der Waals surface area contributed by atoms with E-state index in [2.05, 4.69) is 42.9 Å². The first-order chi connectivity index (χ1) is 9.47. The van der Waals surface area contributed by atoms with E-state index in [1.165, 1.54) is 22.9 Å². The summed E-state index contributed by atoms with van der Waals surface area (Å²) in [7, 11) is 0. The minimum Gasteiger partial charge on any atom is -0.377 e. The van der Waals surface area contributed by atoms with Crippen molar-refractivity contribution in [1.82, 2.24) is 0 Å². The van der Waals surface area contributed by atoms with Gasteiger partial charge in [-0.05, 0) is 55.5 Å².